The number of benzene rings is 2. The van der Waals surface area contributed by atoms with Crippen LogP contribution in [0.15, 0.2) is 73.1 Å². The van der Waals surface area contributed by atoms with Crippen molar-refractivity contribution in [1.29, 1.82) is 0 Å². The molecule has 0 saturated carbocycles. The van der Waals surface area contributed by atoms with Gasteiger partial charge in [0.25, 0.3) is 11.8 Å². The Morgan fingerprint density at radius 2 is 1.81 bits per heavy atom. The number of rotatable bonds is 7. The molecule has 0 unspecified atom stereocenters. The van der Waals surface area contributed by atoms with Crippen molar-refractivity contribution in [2.24, 2.45) is 0 Å². The van der Waals surface area contributed by atoms with E-state index in [4.69, 9.17) is 0 Å². The van der Waals surface area contributed by atoms with Gasteiger partial charge < -0.3 is 10.2 Å². The highest BCUT2D eigenvalue weighted by atomic mass is 16.2. The van der Waals surface area contributed by atoms with Crippen molar-refractivity contribution < 1.29 is 9.59 Å². The Labute approximate surface area is 182 Å². The minimum absolute atomic E-state index is 0.0705. The third-order valence-electron chi connectivity index (χ3n) is 5.83. The Balaban J connectivity index is 1.41. The second-order valence-electron chi connectivity index (χ2n) is 7.92. The monoisotopic (exact) mass is 416 g/mol. The van der Waals surface area contributed by atoms with Crippen molar-refractivity contribution in [3.05, 3.63) is 89.7 Å². The molecule has 1 saturated heterocycles. The molecule has 0 spiro atoms. The van der Waals surface area contributed by atoms with Gasteiger partial charge in [0.1, 0.15) is 0 Å². The van der Waals surface area contributed by atoms with E-state index in [2.05, 4.69) is 10.4 Å². The molecular formula is C25H28N4O2. The first kappa shape index (κ1) is 20.8. The summed E-state index contributed by atoms with van der Waals surface area (Å²) in [6.45, 7) is 1.88. The lowest BCUT2D eigenvalue weighted by molar-refractivity contribution is 0.0600. The first-order valence-electron chi connectivity index (χ1n) is 10.9. The van der Waals surface area contributed by atoms with Crippen LogP contribution in [0, 0.1) is 0 Å². The van der Waals surface area contributed by atoms with Crippen molar-refractivity contribution in [3.8, 4) is 0 Å². The predicted molar refractivity (Wildman–Crippen MR) is 120 cm³/mol. The lowest BCUT2D eigenvalue weighted by Gasteiger charge is -2.36. The molecule has 1 N–H and O–H groups in total. The molecule has 6 heteroatoms. The molecule has 160 valence electrons. The molecule has 1 atom stereocenters. The van der Waals surface area contributed by atoms with E-state index in [0.29, 0.717) is 18.7 Å². The molecule has 2 amide bonds. The van der Waals surface area contributed by atoms with E-state index in [-0.39, 0.29) is 17.9 Å². The lowest BCUT2D eigenvalue weighted by Crippen LogP contribution is -2.45. The van der Waals surface area contributed by atoms with Gasteiger partial charge in [-0.1, -0.05) is 36.4 Å². The van der Waals surface area contributed by atoms with Gasteiger partial charge in [-0.2, -0.15) is 5.10 Å². The minimum atomic E-state index is -0.0705. The quantitative estimate of drug-likeness (QED) is 0.638. The summed E-state index contributed by atoms with van der Waals surface area (Å²) in [7, 11) is 0. The van der Waals surface area contributed by atoms with Crippen molar-refractivity contribution >= 4 is 11.8 Å². The second kappa shape index (κ2) is 10.1. The fraction of sp³-hybridized carbons (Fsp3) is 0.320. The fourth-order valence-electron chi connectivity index (χ4n) is 4.20. The van der Waals surface area contributed by atoms with Crippen LogP contribution in [-0.2, 0) is 6.54 Å². The number of aromatic nitrogens is 2. The van der Waals surface area contributed by atoms with Gasteiger partial charge in [-0.15, -0.1) is 0 Å². The summed E-state index contributed by atoms with van der Waals surface area (Å²) in [6, 6.07) is 19.0. The number of nitrogens with zero attached hydrogens (tertiary/aromatic N) is 3. The van der Waals surface area contributed by atoms with Crippen LogP contribution in [0.5, 0.6) is 0 Å². The number of carbonyl (C=O) groups excluding carboxylic acids is 2. The summed E-state index contributed by atoms with van der Waals surface area (Å²) < 4.78 is 1.83. The summed E-state index contributed by atoms with van der Waals surface area (Å²) in [5, 5.41) is 7.27. The molecular weight excluding hydrogens is 388 g/mol. The molecule has 1 aliphatic heterocycles. The second-order valence-corrected chi connectivity index (χ2v) is 7.92. The van der Waals surface area contributed by atoms with Gasteiger partial charge >= 0.3 is 0 Å². The number of hydrogen-bond donors (Lipinski definition) is 1. The minimum Gasteiger partial charge on any atom is -0.352 e. The number of piperidine rings is 1. The highest BCUT2D eigenvalue weighted by Crippen LogP contribution is 2.23. The smallest absolute Gasteiger partial charge is 0.254 e. The normalized spacial score (nSPS) is 16.1. The van der Waals surface area contributed by atoms with Gasteiger partial charge in [-0.25, -0.2) is 0 Å². The highest BCUT2D eigenvalue weighted by molar-refractivity contribution is 5.96. The van der Waals surface area contributed by atoms with Gasteiger partial charge in [0.05, 0.1) is 6.54 Å². The molecule has 0 radical (unpaired) electrons. The topological polar surface area (TPSA) is 67.2 Å². The van der Waals surface area contributed by atoms with Crippen LogP contribution in [0.3, 0.4) is 0 Å². The van der Waals surface area contributed by atoms with E-state index in [0.717, 1.165) is 43.4 Å². The summed E-state index contributed by atoms with van der Waals surface area (Å²) in [5.74, 6) is 0.000645. The fourth-order valence-corrected chi connectivity index (χ4v) is 4.20. The molecule has 2 heterocycles. The summed E-state index contributed by atoms with van der Waals surface area (Å²) >= 11 is 0. The van der Waals surface area contributed by atoms with Crippen molar-refractivity contribution in [2.75, 3.05) is 13.1 Å². The van der Waals surface area contributed by atoms with Gasteiger partial charge in [-0.05, 0) is 55.5 Å². The van der Waals surface area contributed by atoms with E-state index >= 15 is 0 Å². The van der Waals surface area contributed by atoms with Crippen molar-refractivity contribution in [3.63, 3.8) is 0 Å². The van der Waals surface area contributed by atoms with Gasteiger partial charge in [0.2, 0.25) is 0 Å². The van der Waals surface area contributed by atoms with Crippen LogP contribution >= 0.6 is 0 Å². The molecule has 31 heavy (non-hydrogen) atoms. The molecule has 1 aromatic heterocycles. The number of carbonyl (C=O) groups is 2. The molecule has 1 fully saturated rings. The summed E-state index contributed by atoms with van der Waals surface area (Å²) in [6.07, 6.45) is 7.49. The van der Waals surface area contributed by atoms with Gasteiger partial charge in [0, 0.05) is 42.7 Å². The largest absolute Gasteiger partial charge is 0.352 e. The van der Waals surface area contributed by atoms with E-state index < -0.39 is 0 Å². The first-order valence-corrected chi connectivity index (χ1v) is 10.9. The Hall–Kier alpha value is -3.41. The molecule has 0 bridgehead atoms. The average molecular weight is 417 g/mol. The van der Waals surface area contributed by atoms with Gasteiger partial charge in [0.15, 0.2) is 0 Å². The number of nitrogens with one attached hydrogen (secondary N) is 1. The molecule has 4 rings (SSSR count). The standard InChI is InChI=1S/C25H28N4O2/c30-24(20-9-2-1-3-10-20)26-16-14-22-12-6-7-18-29(22)25(31)23-13-5-4-11-21(23)19-28-17-8-15-27-28/h1-5,8-11,13,15,17,22H,6-7,12,14,16,18-19H2,(H,26,30)/t22-/m0/s1. The Morgan fingerprint density at radius 1 is 1.00 bits per heavy atom. The van der Waals surface area contributed by atoms with Crippen LogP contribution < -0.4 is 5.32 Å². The van der Waals surface area contributed by atoms with Crippen LogP contribution in [0.2, 0.25) is 0 Å². The third kappa shape index (κ3) is 5.20. The Morgan fingerprint density at radius 3 is 2.61 bits per heavy atom. The van der Waals surface area contributed by atoms with Crippen LogP contribution in [-0.4, -0.2) is 45.6 Å². The van der Waals surface area contributed by atoms with Crippen LogP contribution in [0.4, 0.5) is 0 Å². The maximum atomic E-state index is 13.5. The molecule has 3 aromatic rings. The summed E-state index contributed by atoms with van der Waals surface area (Å²) in [5.41, 5.74) is 2.36. The number of likely N-dealkylation sites (tertiary alicyclic amines) is 1. The van der Waals surface area contributed by atoms with Crippen molar-refractivity contribution in [1.82, 2.24) is 20.0 Å². The number of amides is 2. The van der Waals surface area contributed by atoms with E-state index in [1.54, 1.807) is 6.20 Å². The zero-order valence-corrected chi connectivity index (χ0v) is 17.6. The number of hydrogen-bond acceptors (Lipinski definition) is 3. The van der Waals surface area contributed by atoms with E-state index in [1.807, 2.05) is 76.4 Å². The van der Waals surface area contributed by atoms with Crippen LogP contribution in [0.1, 0.15) is 52.0 Å². The molecule has 1 aliphatic rings. The Bertz CT molecular complexity index is 1000. The van der Waals surface area contributed by atoms with Crippen LogP contribution in [0.25, 0.3) is 0 Å². The maximum Gasteiger partial charge on any atom is 0.254 e. The predicted octanol–water partition coefficient (Wildman–Crippen LogP) is 3.75. The zero-order valence-electron chi connectivity index (χ0n) is 17.6. The first-order chi connectivity index (χ1) is 15.2. The highest BCUT2D eigenvalue weighted by Gasteiger charge is 2.28. The lowest BCUT2D eigenvalue weighted by atomic mass is 9.97. The Kier molecular flexibility index (Phi) is 6.77. The average Bonchev–Trinajstić information content (AvgIpc) is 3.33. The van der Waals surface area contributed by atoms with E-state index in [9.17, 15) is 9.59 Å². The summed E-state index contributed by atoms with van der Waals surface area (Å²) in [4.78, 5) is 27.8. The SMILES string of the molecule is O=C(NCC[C@@H]1CCCCN1C(=O)c1ccccc1Cn1cccn1)c1ccccc1. The maximum absolute atomic E-state index is 13.5. The molecule has 0 aliphatic carbocycles. The van der Waals surface area contributed by atoms with Gasteiger partial charge in [-0.3, -0.25) is 14.3 Å². The molecule has 2 aromatic carbocycles. The van der Waals surface area contributed by atoms with E-state index in [1.165, 1.54) is 0 Å². The van der Waals surface area contributed by atoms with Crippen molar-refractivity contribution in [2.45, 2.75) is 38.3 Å². The zero-order chi connectivity index (χ0) is 21.5. The molecule has 6 nitrogen and oxygen atoms in total. The third-order valence-corrected chi connectivity index (χ3v) is 5.83.